The molecule has 1 saturated heterocycles. The fourth-order valence-corrected chi connectivity index (χ4v) is 4.49. The summed E-state index contributed by atoms with van der Waals surface area (Å²) in [5.74, 6) is 2.01. The Morgan fingerprint density at radius 3 is 2.18 bits per heavy atom. The second-order valence-electron chi connectivity index (χ2n) is 9.35. The highest BCUT2D eigenvalue weighted by Crippen LogP contribution is 2.40. The van der Waals surface area contributed by atoms with Crippen LogP contribution >= 0.6 is 23.2 Å². The molecule has 1 aliphatic heterocycles. The van der Waals surface area contributed by atoms with Crippen LogP contribution in [0.1, 0.15) is 30.1 Å². The summed E-state index contributed by atoms with van der Waals surface area (Å²) in [4.78, 5) is 31.0. The highest BCUT2D eigenvalue weighted by Gasteiger charge is 2.33. The Bertz CT molecular complexity index is 1360. The second-order valence-corrected chi connectivity index (χ2v) is 10.2. The van der Waals surface area contributed by atoms with Gasteiger partial charge >= 0.3 is 12.2 Å². The minimum Gasteiger partial charge on any atom is -0.338 e. The van der Waals surface area contributed by atoms with Crippen LogP contribution in [0.15, 0.2) is 36.4 Å². The normalized spacial score (nSPS) is 16.4. The molecule has 2 aromatic carbocycles. The van der Waals surface area contributed by atoms with Crippen molar-refractivity contribution in [2.45, 2.75) is 24.9 Å². The van der Waals surface area contributed by atoms with Crippen LogP contribution in [0.4, 0.5) is 35.3 Å². The second kappa shape index (κ2) is 10.5. The molecule has 8 nitrogen and oxygen atoms in total. The van der Waals surface area contributed by atoms with Gasteiger partial charge in [-0.15, -0.1) is 0 Å². The Labute approximate surface area is 227 Å². The summed E-state index contributed by atoms with van der Waals surface area (Å²) in [6.45, 7) is 3.38. The SMILES string of the molecule is CN1CCN(c2nc(-c3cc(NC(=O)Nc4ccc(Cl)c(C(F)(F)F)c4)ccc3Cl)nc(C3CC3)n2)CC1. The number of halogens is 5. The number of nitrogens with one attached hydrogen (secondary N) is 2. The monoisotopic (exact) mass is 565 g/mol. The van der Waals surface area contributed by atoms with Crippen molar-refractivity contribution < 1.29 is 18.0 Å². The number of benzene rings is 2. The van der Waals surface area contributed by atoms with E-state index in [0.717, 1.165) is 57.0 Å². The molecule has 2 N–H and O–H groups in total. The molecule has 200 valence electrons. The van der Waals surface area contributed by atoms with Crippen molar-refractivity contribution in [2.75, 3.05) is 48.8 Å². The summed E-state index contributed by atoms with van der Waals surface area (Å²) in [5.41, 5.74) is -0.226. The van der Waals surface area contributed by atoms with E-state index in [-0.39, 0.29) is 11.6 Å². The number of hydrogen-bond donors (Lipinski definition) is 2. The van der Waals surface area contributed by atoms with Gasteiger partial charge in [-0.25, -0.2) is 9.78 Å². The van der Waals surface area contributed by atoms with Crippen LogP contribution in [-0.2, 0) is 6.18 Å². The number of carbonyl (C=O) groups is 1. The highest BCUT2D eigenvalue weighted by molar-refractivity contribution is 6.33. The molecule has 0 unspecified atom stereocenters. The van der Waals surface area contributed by atoms with E-state index in [4.69, 9.17) is 33.2 Å². The smallest absolute Gasteiger partial charge is 0.338 e. The molecule has 1 saturated carbocycles. The van der Waals surface area contributed by atoms with Crippen LogP contribution < -0.4 is 15.5 Å². The van der Waals surface area contributed by atoms with Gasteiger partial charge in [0.1, 0.15) is 5.82 Å². The van der Waals surface area contributed by atoms with E-state index in [1.165, 1.54) is 6.07 Å². The number of amides is 2. The van der Waals surface area contributed by atoms with Gasteiger partial charge in [0.05, 0.1) is 15.6 Å². The van der Waals surface area contributed by atoms with Crippen molar-refractivity contribution in [3.8, 4) is 11.4 Å². The van der Waals surface area contributed by atoms with Crippen molar-refractivity contribution in [3.63, 3.8) is 0 Å². The first-order chi connectivity index (χ1) is 18.1. The maximum atomic E-state index is 13.2. The van der Waals surface area contributed by atoms with Crippen LogP contribution in [-0.4, -0.2) is 59.1 Å². The summed E-state index contributed by atoms with van der Waals surface area (Å²) in [5, 5.41) is 4.96. The number of rotatable bonds is 5. The summed E-state index contributed by atoms with van der Waals surface area (Å²) in [6, 6.07) is 7.22. The summed E-state index contributed by atoms with van der Waals surface area (Å²) < 4.78 is 39.5. The van der Waals surface area contributed by atoms with Crippen molar-refractivity contribution in [1.29, 1.82) is 0 Å². The standard InChI is InChI=1S/C25H24Cl2F3N7O/c1-36-8-10-37(11-9-36)23-34-21(14-2-3-14)33-22(35-23)17-12-15(4-6-19(17)26)31-24(38)32-16-5-7-20(27)18(13-16)25(28,29)30/h4-7,12-14H,2-3,8-11H2,1H3,(H2,31,32,38). The van der Waals surface area contributed by atoms with Crippen molar-refractivity contribution in [1.82, 2.24) is 19.9 Å². The number of piperazine rings is 1. The van der Waals surface area contributed by atoms with E-state index in [1.54, 1.807) is 18.2 Å². The third-order valence-electron chi connectivity index (χ3n) is 6.36. The third kappa shape index (κ3) is 6.11. The number of hydrogen-bond acceptors (Lipinski definition) is 6. The lowest BCUT2D eigenvalue weighted by Gasteiger charge is -2.32. The topological polar surface area (TPSA) is 86.3 Å². The molecule has 3 aromatic rings. The molecule has 5 rings (SSSR count). The number of carbonyl (C=O) groups excluding carboxylic acids is 1. The molecular formula is C25H24Cl2F3N7O. The minimum absolute atomic E-state index is 0.0585. The van der Waals surface area contributed by atoms with Gasteiger partial charge in [0.25, 0.3) is 0 Å². The number of alkyl halides is 3. The summed E-state index contributed by atoms with van der Waals surface area (Å²) in [6.07, 6.45) is -2.62. The predicted octanol–water partition coefficient (Wildman–Crippen LogP) is 6.14. The molecule has 13 heteroatoms. The molecule has 0 bridgehead atoms. The predicted molar refractivity (Wildman–Crippen MR) is 141 cm³/mol. The van der Waals surface area contributed by atoms with Crippen LogP contribution in [0.2, 0.25) is 10.0 Å². The minimum atomic E-state index is -4.65. The third-order valence-corrected chi connectivity index (χ3v) is 7.02. The van der Waals surface area contributed by atoms with E-state index in [9.17, 15) is 18.0 Å². The Balaban J connectivity index is 1.38. The highest BCUT2D eigenvalue weighted by atomic mass is 35.5. The average Bonchev–Trinajstić information content (AvgIpc) is 3.72. The Hall–Kier alpha value is -3.15. The van der Waals surface area contributed by atoms with Gasteiger partial charge in [-0.05, 0) is 56.3 Å². The molecule has 38 heavy (non-hydrogen) atoms. The molecule has 1 aliphatic carbocycles. The Kier molecular flexibility index (Phi) is 7.34. The number of nitrogens with zero attached hydrogens (tertiary/aromatic N) is 5. The number of aromatic nitrogens is 3. The van der Waals surface area contributed by atoms with Gasteiger partial charge < -0.3 is 20.4 Å². The van der Waals surface area contributed by atoms with E-state index < -0.39 is 22.8 Å². The van der Waals surface area contributed by atoms with E-state index in [2.05, 4.69) is 32.5 Å². The Morgan fingerprint density at radius 2 is 1.55 bits per heavy atom. The van der Waals surface area contributed by atoms with Crippen molar-refractivity contribution >= 4 is 46.6 Å². The molecular weight excluding hydrogens is 542 g/mol. The van der Waals surface area contributed by atoms with Crippen molar-refractivity contribution in [3.05, 3.63) is 57.8 Å². The molecule has 2 fully saturated rings. The van der Waals surface area contributed by atoms with Crippen LogP contribution in [0, 0.1) is 0 Å². The van der Waals surface area contributed by atoms with Gasteiger partial charge in [-0.2, -0.15) is 23.1 Å². The molecule has 2 amide bonds. The molecule has 2 heterocycles. The lowest BCUT2D eigenvalue weighted by molar-refractivity contribution is -0.137. The number of urea groups is 1. The molecule has 2 aliphatic rings. The fraction of sp³-hybridized carbons (Fsp3) is 0.360. The molecule has 0 atom stereocenters. The van der Waals surface area contributed by atoms with E-state index in [1.807, 2.05) is 0 Å². The first-order valence-electron chi connectivity index (χ1n) is 12.0. The van der Waals surface area contributed by atoms with Gasteiger partial charge in [-0.3, -0.25) is 0 Å². The first-order valence-corrected chi connectivity index (χ1v) is 12.8. The zero-order valence-corrected chi connectivity index (χ0v) is 21.8. The van der Waals surface area contributed by atoms with E-state index >= 15 is 0 Å². The maximum Gasteiger partial charge on any atom is 0.417 e. The lowest BCUT2D eigenvalue weighted by atomic mass is 10.1. The Morgan fingerprint density at radius 1 is 0.921 bits per heavy atom. The largest absolute Gasteiger partial charge is 0.417 e. The average molecular weight is 566 g/mol. The zero-order chi connectivity index (χ0) is 27.0. The zero-order valence-electron chi connectivity index (χ0n) is 20.3. The maximum absolute atomic E-state index is 13.2. The van der Waals surface area contributed by atoms with Gasteiger partial charge in [0.2, 0.25) is 5.95 Å². The number of likely N-dealkylation sites (N-methyl/N-ethyl adjacent to an activating group) is 1. The summed E-state index contributed by atoms with van der Waals surface area (Å²) in [7, 11) is 2.07. The van der Waals surface area contributed by atoms with Gasteiger partial charge in [-0.1, -0.05) is 23.2 Å². The van der Waals surface area contributed by atoms with Gasteiger partial charge in [0, 0.05) is 49.0 Å². The van der Waals surface area contributed by atoms with Crippen molar-refractivity contribution in [2.24, 2.45) is 0 Å². The van der Waals surface area contributed by atoms with Gasteiger partial charge in [0.15, 0.2) is 5.82 Å². The van der Waals surface area contributed by atoms with Crippen LogP contribution in [0.3, 0.4) is 0 Å². The first kappa shape index (κ1) is 26.5. The van der Waals surface area contributed by atoms with Crippen LogP contribution in [0.5, 0.6) is 0 Å². The lowest BCUT2D eigenvalue weighted by Crippen LogP contribution is -2.45. The molecule has 0 radical (unpaired) electrons. The summed E-state index contributed by atoms with van der Waals surface area (Å²) >= 11 is 12.2. The number of anilines is 3. The molecule has 1 aromatic heterocycles. The quantitative estimate of drug-likeness (QED) is 0.386. The molecule has 0 spiro atoms. The van der Waals surface area contributed by atoms with E-state index in [0.29, 0.717) is 28.0 Å². The van der Waals surface area contributed by atoms with Crippen LogP contribution in [0.25, 0.3) is 11.4 Å². The fourth-order valence-electron chi connectivity index (χ4n) is 4.06.